The van der Waals surface area contributed by atoms with E-state index >= 15 is 0 Å². The standard InChI is InChI=1S/C35H26N2O3/c38-32(24-37-33(39)30-18-10-11-19-31(30)34(37)40)36-29-22-20-28(21-23-29)35(25-12-4-1-5-13-25,26-14-6-2-7-15-26)27-16-8-3-9-17-27/h1-23H,24H2,(H,36,38). The normalized spacial score (nSPS) is 12.8. The third kappa shape index (κ3) is 4.28. The van der Waals surface area contributed by atoms with Gasteiger partial charge in [-0.05, 0) is 46.5 Å². The van der Waals surface area contributed by atoms with Crippen LogP contribution >= 0.6 is 0 Å². The SMILES string of the molecule is O=C(CN1C(=O)c2ccccc2C1=O)Nc1ccc(C(c2ccccc2)(c2ccccc2)c2ccccc2)cc1. The first-order valence-corrected chi connectivity index (χ1v) is 13.1. The van der Waals surface area contributed by atoms with Gasteiger partial charge in [0.25, 0.3) is 11.8 Å². The highest BCUT2D eigenvalue weighted by atomic mass is 16.2. The van der Waals surface area contributed by atoms with Gasteiger partial charge in [0.15, 0.2) is 0 Å². The lowest BCUT2D eigenvalue weighted by atomic mass is 9.65. The van der Waals surface area contributed by atoms with Crippen molar-refractivity contribution in [2.45, 2.75) is 5.41 Å². The average molecular weight is 523 g/mol. The summed E-state index contributed by atoms with van der Waals surface area (Å²) in [5.74, 6) is -1.35. The molecular weight excluding hydrogens is 496 g/mol. The van der Waals surface area contributed by atoms with E-state index in [9.17, 15) is 14.4 Å². The van der Waals surface area contributed by atoms with Crippen LogP contribution in [-0.2, 0) is 10.2 Å². The smallest absolute Gasteiger partial charge is 0.262 e. The number of nitrogens with one attached hydrogen (secondary N) is 1. The summed E-state index contributed by atoms with van der Waals surface area (Å²) >= 11 is 0. The summed E-state index contributed by atoms with van der Waals surface area (Å²) in [6.07, 6.45) is 0. The Morgan fingerprint density at radius 3 is 1.32 bits per heavy atom. The molecule has 3 amide bonds. The van der Waals surface area contributed by atoms with Crippen molar-refractivity contribution in [1.29, 1.82) is 0 Å². The highest BCUT2D eigenvalue weighted by Crippen LogP contribution is 2.45. The van der Waals surface area contributed by atoms with Crippen LogP contribution in [0, 0.1) is 0 Å². The van der Waals surface area contributed by atoms with E-state index in [1.54, 1.807) is 24.3 Å². The van der Waals surface area contributed by atoms with Crippen molar-refractivity contribution in [3.05, 3.63) is 173 Å². The molecule has 0 aromatic heterocycles. The zero-order valence-electron chi connectivity index (χ0n) is 21.7. The van der Waals surface area contributed by atoms with Crippen molar-refractivity contribution in [1.82, 2.24) is 4.90 Å². The molecule has 0 spiro atoms. The lowest BCUT2D eigenvalue weighted by molar-refractivity contribution is -0.116. The molecule has 5 nitrogen and oxygen atoms in total. The van der Waals surface area contributed by atoms with Crippen LogP contribution in [0.25, 0.3) is 0 Å². The van der Waals surface area contributed by atoms with Gasteiger partial charge in [-0.1, -0.05) is 115 Å². The van der Waals surface area contributed by atoms with Gasteiger partial charge >= 0.3 is 0 Å². The summed E-state index contributed by atoms with van der Waals surface area (Å²) < 4.78 is 0. The van der Waals surface area contributed by atoms with Gasteiger partial charge in [-0.25, -0.2) is 0 Å². The molecule has 5 heteroatoms. The van der Waals surface area contributed by atoms with E-state index in [1.807, 2.05) is 78.9 Å². The lowest BCUT2D eigenvalue weighted by Gasteiger charge is -2.37. The quantitative estimate of drug-likeness (QED) is 0.201. The van der Waals surface area contributed by atoms with Gasteiger partial charge < -0.3 is 5.32 Å². The molecule has 0 radical (unpaired) electrons. The maximum absolute atomic E-state index is 12.9. The second-order valence-corrected chi connectivity index (χ2v) is 9.72. The Labute approximate surface area is 232 Å². The first-order chi connectivity index (χ1) is 19.6. The van der Waals surface area contributed by atoms with Crippen molar-refractivity contribution >= 4 is 23.4 Å². The van der Waals surface area contributed by atoms with Gasteiger partial charge in [0, 0.05) is 5.69 Å². The molecule has 5 aromatic carbocycles. The summed E-state index contributed by atoms with van der Waals surface area (Å²) in [6.45, 7) is -0.351. The molecule has 0 unspecified atom stereocenters. The molecule has 0 bridgehead atoms. The number of carbonyl (C=O) groups excluding carboxylic acids is 3. The zero-order valence-corrected chi connectivity index (χ0v) is 21.7. The van der Waals surface area contributed by atoms with E-state index in [0.717, 1.165) is 27.2 Å². The molecule has 1 heterocycles. The predicted octanol–water partition coefficient (Wildman–Crippen LogP) is 6.30. The highest BCUT2D eigenvalue weighted by Gasteiger charge is 2.38. The fraction of sp³-hybridized carbons (Fsp3) is 0.0571. The van der Waals surface area contributed by atoms with Crippen LogP contribution in [0.2, 0.25) is 0 Å². The molecular formula is C35H26N2O3. The van der Waals surface area contributed by atoms with E-state index in [-0.39, 0.29) is 6.54 Å². The Balaban J connectivity index is 1.33. The molecule has 1 aliphatic heterocycles. The van der Waals surface area contributed by atoms with Crippen molar-refractivity contribution in [2.24, 2.45) is 0 Å². The number of hydrogen-bond acceptors (Lipinski definition) is 3. The van der Waals surface area contributed by atoms with E-state index in [2.05, 4.69) is 41.7 Å². The third-order valence-electron chi connectivity index (χ3n) is 7.40. The maximum atomic E-state index is 12.9. The fourth-order valence-electron chi connectivity index (χ4n) is 5.59. The number of hydrogen-bond donors (Lipinski definition) is 1. The Bertz CT molecular complexity index is 1550. The Hall–Kier alpha value is -5.29. The first-order valence-electron chi connectivity index (χ1n) is 13.1. The molecule has 0 saturated carbocycles. The van der Waals surface area contributed by atoms with Gasteiger partial charge in [-0.15, -0.1) is 0 Å². The van der Waals surface area contributed by atoms with Crippen LogP contribution in [-0.4, -0.2) is 29.2 Å². The summed E-state index contributed by atoms with van der Waals surface area (Å²) in [5.41, 5.74) is 5.03. The largest absolute Gasteiger partial charge is 0.325 e. The van der Waals surface area contributed by atoms with Crippen molar-refractivity contribution < 1.29 is 14.4 Å². The number of amides is 3. The van der Waals surface area contributed by atoms with E-state index < -0.39 is 23.1 Å². The van der Waals surface area contributed by atoms with Crippen LogP contribution in [0.3, 0.4) is 0 Å². The van der Waals surface area contributed by atoms with Crippen LogP contribution in [0.15, 0.2) is 140 Å². The number of imide groups is 1. The molecule has 0 saturated heterocycles. The molecule has 6 rings (SSSR count). The minimum Gasteiger partial charge on any atom is -0.325 e. The molecule has 5 aromatic rings. The number of fused-ring (bicyclic) bond motifs is 1. The summed E-state index contributed by atoms with van der Waals surface area (Å²) in [4.78, 5) is 39.2. The summed E-state index contributed by atoms with van der Waals surface area (Å²) in [7, 11) is 0. The minimum absolute atomic E-state index is 0.323. The predicted molar refractivity (Wildman–Crippen MR) is 155 cm³/mol. The van der Waals surface area contributed by atoms with Crippen molar-refractivity contribution in [3.63, 3.8) is 0 Å². The van der Waals surface area contributed by atoms with Crippen LogP contribution in [0.4, 0.5) is 5.69 Å². The molecule has 40 heavy (non-hydrogen) atoms. The highest BCUT2D eigenvalue weighted by molar-refractivity contribution is 6.22. The van der Waals surface area contributed by atoms with E-state index in [0.29, 0.717) is 16.8 Å². The number of anilines is 1. The molecule has 0 aliphatic carbocycles. The minimum atomic E-state index is -0.591. The maximum Gasteiger partial charge on any atom is 0.262 e. The Morgan fingerprint density at radius 2 is 0.900 bits per heavy atom. The average Bonchev–Trinajstić information content (AvgIpc) is 3.25. The Morgan fingerprint density at radius 1 is 0.525 bits per heavy atom. The van der Waals surface area contributed by atoms with Crippen LogP contribution in [0.5, 0.6) is 0 Å². The van der Waals surface area contributed by atoms with Crippen LogP contribution < -0.4 is 5.32 Å². The number of nitrogens with zero attached hydrogens (tertiary/aromatic N) is 1. The van der Waals surface area contributed by atoms with Crippen LogP contribution in [0.1, 0.15) is 43.0 Å². The third-order valence-corrected chi connectivity index (χ3v) is 7.40. The number of rotatable bonds is 7. The van der Waals surface area contributed by atoms with Gasteiger partial charge in [-0.2, -0.15) is 0 Å². The van der Waals surface area contributed by atoms with Crippen molar-refractivity contribution in [3.8, 4) is 0 Å². The fourth-order valence-corrected chi connectivity index (χ4v) is 5.59. The van der Waals surface area contributed by atoms with Gasteiger partial charge in [-0.3, -0.25) is 19.3 Å². The molecule has 0 fully saturated rings. The van der Waals surface area contributed by atoms with Gasteiger partial charge in [0.2, 0.25) is 5.91 Å². The number of benzene rings is 5. The molecule has 194 valence electrons. The summed E-state index contributed by atoms with van der Waals surface area (Å²) in [5, 5.41) is 2.85. The molecule has 1 aliphatic rings. The van der Waals surface area contributed by atoms with Gasteiger partial charge in [0.05, 0.1) is 16.5 Å². The van der Waals surface area contributed by atoms with Gasteiger partial charge in [0.1, 0.15) is 6.54 Å². The number of carbonyl (C=O) groups is 3. The molecule has 0 atom stereocenters. The second kappa shape index (κ2) is 10.5. The monoisotopic (exact) mass is 522 g/mol. The zero-order chi connectivity index (χ0) is 27.5. The lowest BCUT2D eigenvalue weighted by Crippen LogP contribution is -2.37. The van der Waals surface area contributed by atoms with E-state index in [4.69, 9.17) is 0 Å². The van der Waals surface area contributed by atoms with Crippen molar-refractivity contribution in [2.75, 3.05) is 11.9 Å². The topological polar surface area (TPSA) is 66.5 Å². The Kier molecular flexibility index (Phi) is 6.54. The van der Waals surface area contributed by atoms with E-state index in [1.165, 1.54) is 0 Å². The molecule has 1 N–H and O–H groups in total. The first kappa shape index (κ1) is 25.0. The summed E-state index contributed by atoms with van der Waals surface area (Å²) in [6, 6.07) is 45.5. The second-order valence-electron chi connectivity index (χ2n) is 9.72.